The number of anilines is 1. The number of hydrogen-bond donors (Lipinski definition) is 1. The van der Waals surface area contributed by atoms with Gasteiger partial charge in [-0.1, -0.05) is 25.1 Å². The maximum absolute atomic E-state index is 9.27. The predicted octanol–water partition coefficient (Wildman–Crippen LogP) is 2.66. The molecule has 2 N–H and O–H groups in total. The molecule has 18 heavy (non-hydrogen) atoms. The van der Waals surface area contributed by atoms with Crippen molar-refractivity contribution < 1.29 is 0 Å². The Morgan fingerprint density at radius 3 is 2.83 bits per heavy atom. The summed E-state index contributed by atoms with van der Waals surface area (Å²) in [5.41, 5.74) is 8.43. The zero-order valence-corrected chi connectivity index (χ0v) is 10.0. The van der Waals surface area contributed by atoms with E-state index in [1.54, 1.807) is 0 Å². The van der Waals surface area contributed by atoms with Crippen molar-refractivity contribution >= 4 is 27.8 Å². The summed E-state index contributed by atoms with van der Waals surface area (Å²) in [5.74, 6) is 0.504. The van der Waals surface area contributed by atoms with Crippen molar-refractivity contribution in [2.45, 2.75) is 13.3 Å². The topological polar surface area (TPSA) is 67.6 Å². The van der Waals surface area contributed by atoms with Crippen LogP contribution in [0.25, 0.3) is 21.9 Å². The Hall–Kier alpha value is -2.54. The van der Waals surface area contributed by atoms with Crippen LogP contribution in [0.15, 0.2) is 30.3 Å². The van der Waals surface area contributed by atoms with E-state index in [4.69, 9.17) is 5.73 Å². The molecule has 0 aliphatic carbocycles. The molecule has 4 nitrogen and oxygen atoms in total. The minimum atomic E-state index is 0.504. The number of para-hydroxylation sites is 1. The molecule has 2 heterocycles. The van der Waals surface area contributed by atoms with Gasteiger partial charge in [0, 0.05) is 10.8 Å². The van der Waals surface area contributed by atoms with E-state index >= 15 is 0 Å². The predicted molar refractivity (Wildman–Crippen MR) is 72.0 cm³/mol. The molecule has 0 amide bonds. The van der Waals surface area contributed by atoms with E-state index in [0.29, 0.717) is 11.5 Å². The fourth-order valence-electron chi connectivity index (χ4n) is 2.32. The third kappa shape index (κ3) is 1.28. The smallest absolute Gasteiger partial charge is 0.190 e. The SMILES string of the molecule is CCc1cc2c3ccccc3n(C#N)c2nc1N. The number of pyridine rings is 1. The van der Waals surface area contributed by atoms with Gasteiger partial charge in [0.05, 0.1) is 5.52 Å². The quantitative estimate of drug-likeness (QED) is 0.706. The molecular formula is C14H12N4. The fourth-order valence-corrected chi connectivity index (χ4v) is 2.32. The minimum Gasteiger partial charge on any atom is -0.383 e. The van der Waals surface area contributed by atoms with E-state index in [9.17, 15) is 5.26 Å². The van der Waals surface area contributed by atoms with Crippen LogP contribution in [0.1, 0.15) is 12.5 Å². The van der Waals surface area contributed by atoms with Crippen LogP contribution in [0, 0.1) is 11.5 Å². The molecule has 0 aliphatic heterocycles. The molecule has 0 saturated carbocycles. The number of nitriles is 1. The maximum atomic E-state index is 9.27. The third-order valence-corrected chi connectivity index (χ3v) is 3.24. The van der Waals surface area contributed by atoms with Gasteiger partial charge in [-0.25, -0.2) is 9.55 Å². The van der Waals surface area contributed by atoms with Crippen molar-refractivity contribution in [1.82, 2.24) is 9.55 Å². The van der Waals surface area contributed by atoms with Crippen molar-refractivity contribution in [3.63, 3.8) is 0 Å². The Morgan fingerprint density at radius 2 is 2.11 bits per heavy atom. The molecule has 0 atom stereocenters. The molecule has 0 saturated heterocycles. The number of benzene rings is 1. The van der Waals surface area contributed by atoms with Gasteiger partial charge in [-0.15, -0.1) is 0 Å². The first-order valence-corrected chi connectivity index (χ1v) is 5.85. The van der Waals surface area contributed by atoms with E-state index < -0.39 is 0 Å². The lowest BCUT2D eigenvalue weighted by Crippen LogP contribution is -1.98. The summed E-state index contributed by atoms with van der Waals surface area (Å²) in [7, 11) is 0. The Morgan fingerprint density at radius 1 is 1.33 bits per heavy atom. The molecule has 88 valence electrons. The zero-order valence-electron chi connectivity index (χ0n) is 10.0. The molecule has 0 fully saturated rings. The average Bonchev–Trinajstić information content (AvgIpc) is 2.70. The van der Waals surface area contributed by atoms with Crippen LogP contribution >= 0.6 is 0 Å². The van der Waals surface area contributed by atoms with Gasteiger partial charge >= 0.3 is 0 Å². The Bertz CT molecular complexity index is 793. The standard InChI is InChI=1S/C14H12N4/c1-2-9-7-11-10-5-3-4-6-12(10)18(8-15)14(11)17-13(9)16/h3-7H,2H2,1H3,(H2,16,17). The molecule has 1 aromatic carbocycles. The molecular weight excluding hydrogens is 224 g/mol. The first kappa shape index (κ1) is 10.6. The fraction of sp³-hybridized carbons (Fsp3) is 0.143. The second kappa shape index (κ2) is 3.74. The molecule has 3 aromatic rings. The van der Waals surface area contributed by atoms with Crippen molar-refractivity contribution in [2.24, 2.45) is 0 Å². The highest BCUT2D eigenvalue weighted by atomic mass is 15.1. The highest BCUT2D eigenvalue weighted by molar-refractivity contribution is 6.07. The first-order chi connectivity index (χ1) is 8.76. The molecule has 0 radical (unpaired) electrons. The van der Waals surface area contributed by atoms with E-state index in [-0.39, 0.29) is 0 Å². The van der Waals surface area contributed by atoms with Crippen molar-refractivity contribution in [3.05, 3.63) is 35.9 Å². The monoisotopic (exact) mass is 236 g/mol. The number of aryl methyl sites for hydroxylation is 1. The first-order valence-electron chi connectivity index (χ1n) is 5.85. The molecule has 2 aromatic heterocycles. The van der Waals surface area contributed by atoms with Gasteiger partial charge in [0.2, 0.25) is 0 Å². The van der Waals surface area contributed by atoms with E-state index in [0.717, 1.165) is 28.3 Å². The summed E-state index contributed by atoms with van der Waals surface area (Å²) in [6.07, 6.45) is 2.99. The highest BCUT2D eigenvalue weighted by Crippen LogP contribution is 2.29. The summed E-state index contributed by atoms with van der Waals surface area (Å²) < 4.78 is 1.53. The van der Waals surface area contributed by atoms with Gasteiger partial charge in [0.25, 0.3) is 0 Å². The lowest BCUT2D eigenvalue weighted by Gasteiger charge is -2.02. The Balaban J connectivity index is 2.57. The maximum Gasteiger partial charge on any atom is 0.190 e. The van der Waals surface area contributed by atoms with Crippen LogP contribution in [-0.2, 0) is 6.42 Å². The van der Waals surface area contributed by atoms with Crippen LogP contribution in [-0.4, -0.2) is 9.55 Å². The highest BCUT2D eigenvalue weighted by Gasteiger charge is 2.13. The Kier molecular flexibility index (Phi) is 2.20. The summed E-state index contributed by atoms with van der Waals surface area (Å²) >= 11 is 0. The minimum absolute atomic E-state index is 0.504. The molecule has 4 heteroatoms. The van der Waals surface area contributed by atoms with Crippen molar-refractivity contribution in [3.8, 4) is 6.19 Å². The van der Waals surface area contributed by atoms with Crippen molar-refractivity contribution in [1.29, 1.82) is 5.26 Å². The second-order valence-electron chi connectivity index (χ2n) is 4.21. The number of nitrogens with two attached hydrogens (primary N) is 1. The van der Waals surface area contributed by atoms with Gasteiger partial charge in [0.15, 0.2) is 11.8 Å². The molecule has 3 rings (SSSR count). The van der Waals surface area contributed by atoms with Crippen molar-refractivity contribution in [2.75, 3.05) is 5.73 Å². The van der Waals surface area contributed by atoms with E-state index in [1.807, 2.05) is 37.3 Å². The van der Waals surface area contributed by atoms with E-state index in [2.05, 4.69) is 11.2 Å². The van der Waals surface area contributed by atoms with Gasteiger partial charge in [-0.2, -0.15) is 5.26 Å². The van der Waals surface area contributed by atoms with Gasteiger partial charge in [-0.3, -0.25) is 0 Å². The van der Waals surface area contributed by atoms with Crippen LogP contribution in [0.4, 0.5) is 5.82 Å². The summed E-state index contributed by atoms with van der Waals surface area (Å²) in [4.78, 5) is 4.37. The Labute approximate surface area is 104 Å². The normalized spacial score (nSPS) is 10.9. The summed E-state index contributed by atoms with van der Waals surface area (Å²) in [6.45, 7) is 2.04. The van der Waals surface area contributed by atoms with Gasteiger partial charge in [-0.05, 0) is 24.1 Å². The number of rotatable bonds is 1. The zero-order chi connectivity index (χ0) is 12.7. The molecule has 0 aliphatic rings. The van der Waals surface area contributed by atoms with Crippen LogP contribution in [0.2, 0.25) is 0 Å². The number of hydrogen-bond acceptors (Lipinski definition) is 3. The number of aromatic nitrogens is 2. The van der Waals surface area contributed by atoms with Crippen LogP contribution in [0.5, 0.6) is 0 Å². The third-order valence-electron chi connectivity index (χ3n) is 3.24. The number of nitrogens with zero attached hydrogens (tertiary/aromatic N) is 3. The number of nitrogen functional groups attached to an aromatic ring is 1. The molecule has 0 unspecified atom stereocenters. The summed E-state index contributed by atoms with van der Waals surface area (Å²) in [6, 6.07) is 9.84. The van der Waals surface area contributed by atoms with Crippen LogP contribution < -0.4 is 5.73 Å². The lowest BCUT2D eigenvalue weighted by atomic mass is 10.1. The van der Waals surface area contributed by atoms with Crippen LogP contribution in [0.3, 0.4) is 0 Å². The van der Waals surface area contributed by atoms with Gasteiger partial charge in [0.1, 0.15) is 5.82 Å². The summed E-state index contributed by atoms with van der Waals surface area (Å²) in [5, 5.41) is 11.3. The largest absolute Gasteiger partial charge is 0.383 e. The molecule has 0 spiro atoms. The molecule has 0 bridgehead atoms. The van der Waals surface area contributed by atoms with Gasteiger partial charge < -0.3 is 5.73 Å². The lowest BCUT2D eigenvalue weighted by molar-refractivity contribution is 1.10. The second-order valence-corrected chi connectivity index (χ2v) is 4.21. The average molecular weight is 236 g/mol. The number of fused-ring (bicyclic) bond motifs is 3. The van der Waals surface area contributed by atoms with E-state index in [1.165, 1.54) is 4.57 Å².